The standard InChI is InChI=1S/C22H27N3O4/c1-16-14-25(15-17(2)28-16)13-12-21(26)23-24-22(27)18-8-10-20(11-9-18)29-19-6-4-3-5-7-19/h3-11,16-17H,12-15H2,1-2H3,(H,23,26)(H,24,27)/p+1/t16-,17-/m0/s1. The Morgan fingerprint density at radius 1 is 0.966 bits per heavy atom. The number of ether oxygens (including phenoxy) is 2. The van der Waals surface area contributed by atoms with E-state index in [4.69, 9.17) is 9.47 Å². The number of para-hydroxylation sites is 1. The van der Waals surface area contributed by atoms with E-state index in [9.17, 15) is 9.59 Å². The van der Waals surface area contributed by atoms with Gasteiger partial charge in [0.15, 0.2) is 0 Å². The maximum absolute atomic E-state index is 12.2. The zero-order valence-electron chi connectivity index (χ0n) is 16.8. The lowest BCUT2D eigenvalue weighted by molar-refractivity contribution is -0.914. The predicted octanol–water partition coefficient (Wildman–Crippen LogP) is 1.32. The predicted molar refractivity (Wildman–Crippen MR) is 109 cm³/mol. The van der Waals surface area contributed by atoms with Crippen LogP contribution in [0.4, 0.5) is 0 Å². The molecule has 2 atom stereocenters. The molecule has 1 heterocycles. The molecule has 2 aromatic rings. The third-order valence-electron chi connectivity index (χ3n) is 4.73. The Kier molecular flexibility index (Phi) is 7.21. The summed E-state index contributed by atoms with van der Waals surface area (Å²) in [5, 5.41) is 0. The van der Waals surface area contributed by atoms with Crippen molar-refractivity contribution in [3.63, 3.8) is 0 Å². The average Bonchev–Trinajstić information content (AvgIpc) is 2.71. The highest BCUT2D eigenvalue weighted by Crippen LogP contribution is 2.20. The molecule has 2 aromatic carbocycles. The minimum Gasteiger partial charge on any atom is -0.457 e. The third kappa shape index (κ3) is 6.58. The Labute approximate surface area is 171 Å². The molecule has 3 N–H and O–H groups in total. The van der Waals surface area contributed by atoms with Crippen LogP contribution in [0.5, 0.6) is 11.5 Å². The average molecular weight is 398 g/mol. The number of hydrogen-bond acceptors (Lipinski definition) is 4. The fraction of sp³-hybridized carbons (Fsp3) is 0.364. The summed E-state index contributed by atoms with van der Waals surface area (Å²) in [7, 11) is 0. The number of carbonyl (C=O) groups excluding carboxylic acids is 2. The number of morpholine rings is 1. The summed E-state index contributed by atoms with van der Waals surface area (Å²) in [5.74, 6) is 0.782. The molecule has 0 aromatic heterocycles. The highest BCUT2D eigenvalue weighted by Gasteiger charge is 2.25. The first-order valence-corrected chi connectivity index (χ1v) is 9.91. The molecule has 1 aliphatic heterocycles. The van der Waals surface area contributed by atoms with Gasteiger partial charge in [-0.15, -0.1) is 0 Å². The van der Waals surface area contributed by atoms with Crippen LogP contribution in [-0.2, 0) is 9.53 Å². The van der Waals surface area contributed by atoms with Crippen molar-refractivity contribution >= 4 is 11.8 Å². The fourth-order valence-corrected chi connectivity index (χ4v) is 3.44. The molecule has 0 saturated carbocycles. The van der Waals surface area contributed by atoms with Gasteiger partial charge in [0, 0.05) is 5.56 Å². The van der Waals surface area contributed by atoms with Gasteiger partial charge in [-0.3, -0.25) is 20.4 Å². The largest absolute Gasteiger partial charge is 0.457 e. The van der Waals surface area contributed by atoms with Gasteiger partial charge in [0.2, 0.25) is 5.91 Å². The van der Waals surface area contributed by atoms with Gasteiger partial charge in [-0.05, 0) is 50.2 Å². The Morgan fingerprint density at radius 2 is 1.59 bits per heavy atom. The number of nitrogens with one attached hydrogen (secondary N) is 3. The summed E-state index contributed by atoms with van der Waals surface area (Å²) in [6, 6.07) is 16.1. The number of benzene rings is 2. The van der Waals surface area contributed by atoms with Crippen LogP contribution >= 0.6 is 0 Å². The molecule has 1 saturated heterocycles. The van der Waals surface area contributed by atoms with Crippen molar-refractivity contribution < 1.29 is 24.0 Å². The SMILES string of the molecule is C[C@H]1C[NH+](CCC(=O)NNC(=O)c2ccc(Oc3ccccc3)cc2)C[C@H](C)O1. The van der Waals surface area contributed by atoms with Gasteiger partial charge in [0.05, 0.1) is 13.0 Å². The number of carbonyl (C=O) groups is 2. The normalized spacial score (nSPS) is 21.2. The first-order chi connectivity index (χ1) is 14.0. The lowest BCUT2D eigenvalue weighted by atomic mass is 10.2. The summed E-state index contributed by atoms with van der Waals surface area (Å²) in [6.07, 6.45) is 0.745. The van der Waals surface area contributed by atoms with Crippen LogP contribution < -0.4 is 20.5 Å². The van der Waals surface area contributed by atoms with Crippen LogP contribution in [0.3, 0.4) is 0 Å². The topological polar surface area (TPSA) is 81.1 Å². The lowest BCUT2D eigenvalue weighted by Crippen LogP contribution is -3.15. The molecule has 154 valence electrons. The Bertz CT molecular complexity index is 801. The van der Waals surface area contributed by atoms with Crippen molar-refractivity contribution in [1.29, 1.82) is 0 Å². The summed E-state index contributed by atoms with van der Waals surface area (Å²) < 4.78 is 11.4. The van der Waals surface area contributed by atoms with Crippen molar-refractivity contribution in [2.75, 3.05) is 19.6 Å². The summed E-state index contributed by atoms with van der Waals surface area (Å²) in [6.45, 7) is 6.59. The van der Waals surface area contributed by atoms with Gasteiger partial charge >= 0.3 is 0 Å². The monoisotopic (exact) mass is 398 g/mol. The van der Waals surface area contributed by atoms with E-state index in [1.165, 1.54) is 4.90 Å². The molecule has 7 nitrogen and oxygen atoms in total. The van der Waals surface area contributed by atoms with E-state index in [-0.39, 0.29) is 24.0 Å². The molecule has 1 aliphatic rings. The fourth-order valence-electron chi connectivity index (χ4n) is 3.44. The van der Waals surface area contributed by atoms with E-state index in [0.29, 0.717) is 24.3 Å². The van der Waals surface area contributed by atoms with Crippen molar-refractivity contribution in [3.05, 3.63) is 60.2 Å². The lowest BCUT2D eigenvalue weighted by Gasteiger charge is -2.32. The summed E-state index contributed by atoms with van der Waals surface area (Å²) >= 11 is 0. The van der Waals surface area contributed by atoms with E-state index >= 15 is 0 Å². The number of hydrogen-bond donors (Lipinski definition) is 3. The van der Waals surface area contributed by atoms with Gasteiger partial charge in [-0.1, -0.05) is 18.2 Å². The Morgan fingerprint density at radius 3 is 2.24 bits per heavy atom. The van der Waals surface area contributed by atoms with Crippen molar-refractivity contribution in [1.82, 2.24) is 10.9 Å². The van der Waals surface area contributed by atoms with Gasteiger partial charge in [0.1, 0.15) is 36.8 Å². The van der Waals surface area contributed by atoms with Gasteiger partial charge in [-0.25, -0.2) is 0 Å². The highest BCUT2D eigenvalue weighted by molar-refractivity contribution is 5.95. The van der Waals surface area contributed by atoms with Gasteiger partial charge in [-0.2, -0.15) is 0 Å². The van der Waals surface area contributed by atoms with Gasteiger partial charge < -0.3 is 14.4 Å². The second kappa shape index (κ2) is 10.0. The van der Waals surface area contributed by atoms with Crippen molar-refractivity contribution in [2.24, 2.45) is 0 Å². The second-order valence-corrected chi connectivity index (χ2v) is 7.36. The van der Waals surface area contributed by atoms with Crippen LogP contribution in [0.1, 0.15) is 30.6 Å². The van der Waals surface area contributed by atoms with E-state index in [2.05, 4.69) is 10.9 Å². The number of amides is 2. The molecular weight excluding hydrogens is 370 g/mol. The molecule has 3 rings (SSSR count). The molecule has 7 heteroatoms. The molecule has 0 aliphatic carbocycles. The van der Waals surface area contributed by atoms with Crippen molar-refractivity contribution in [2.45, 2.75) is 32.5 Å². The molecule has 0 spiro atoms. The first kappa shape index (κ1) is 20.8. The van der Waals surface area contributed by atoms with Crippen molar-refractivity contribution in [3.8, 4) is 11.5 Å². The van der Waals surface area contributed by atoms with E-state index < -0.39 is 0 Å². The quantitative estimate of drug-likeness (QED) is 0.641. The second-order valence-electron chi connectivity index (χ2n) is 7.36. The highest BCUT2D eigenvalue weighted by atomic mass is 16.5. The van der Waals surface area contributed by atoms with Gasteiger partial charge in [0.25, 0.3) is 5.91 Å². The molecule has 29 heavy (non-hydrogen) atoms. The Balaban J connectivity index is 1.41. The number of quaternary nitrogens is 1. The maximum atomic E-state index is 12.2. The molecule has 0 radical (unpaired) electrons. The van der Waals surface area contributed by atoms with E-state index in [1.807, 2.05) is 44.2 Å². The van der Waals surface area contributed by atoms with E-state index in [0.717, 1.165) is 18.8 Å². The van der Waals surface area contributed by atoms with Crippen LogP contribution in [0, 0.1) is 0 Å². The molecule has 0 bridgehead atoms. The summed E-state index contributed by atoms with van der Waals surface area (Å²) in [5.41, 5.74) is 5.38. The smallest absolute Gasteiger partial charge is 0.269 e. The minimum atomic E-state index is -0.370. The van der Waals surface area contributed by atoms with Crippen LogP contribution in [0.25, 0.3) is 0 Å². The zero-order valence-corrected chi connectivity index (χ0v) is 16.8. The van der Waals surface area contributed by atoms with E-state index in [1.54, 1.807) is 24.3 Å². The molecule has 1 fully saturated rings. The molecule has 2 amide bonds. The van der Waals surface area contributed by atoms with Crippen LogP contribution in [0.15, 0.2) is 54.6 Å². The maximum Gasteiger partial charge on any atom is 0.269 e. The van der Waals surface area contributed by atoms with Crippen LogP contribution in [0.2, 0.25) is 0 Å². The molecule has 0 unspecified atom stereocenters. The first-order valence-electron chi connectivity index (χ1n) is 9.91. The number of rotatable bonds is 6. The third-order valence-corrected chi connectivity index (χ3v) is 4.73. The molecular formula is C22H28N3O4+. The summed E-state index contributed by atoms with van der Waals surface area (Å²) in [4.78, 5) is 25.6. The Hall–Kier alpha value is -2.90. The van der Waals surface area contributed by atoms with Crippen LogP contribution in [-0.4, -0.2) is 43.7 Å². The number of hydrazine groups is 1. The zero-order chi connectivity index (χ0) is 20.6. The minimum absolute atomic E-state index is 0.199.